The number of halogens is 1. The highest BCUT2D eigenvalue weighted by Crippen LogP contribution is 2.21. The molecule has 7 heteroatoms. The number of ether oxygens (including phenoxy) is 1. The molecule has 0 aliphatic carbocycles. The van der Waals surface area contributed by atoms with Crippen LogP contribution in [0.3, 0.4) is 0 Å². The van der Waals surface area contributed by atoms with E-state index in [0.29, 0.717) is 12.5 Å². The van der Waals surface area contributed by atoms with Gasteiger partial charge in [-0.3, -0.25) is 0 Å². The molecule has 32 heavy (non-hydrogen) atoms. The highest BCUT2D eigenvalue weighted by molar-refractivity contribution is 14.0. The molecule has 0 saturated carbocycles. The van der Waals surface area contributed by atoms with E-state index in [9.17, 15) is 0 Å². The Morgan fingerprint density at radius 3 is 2.78 bits per heavy atom. The van der Waals surface area contributed by atoms with Crippen molar-refractivity contribution in [2.24, 2.45) is 10.9 Å². The Balaban J connectivity index is 0.00000289. The fraction of sp³-hybridized carbons (Fsp3) is 0.520. The van der Waals surface area contributed by atoms with Crippen molar-refractivity contribution < 1.29 is 4.74 Å². The first-order valence-electron chi connectivity index (χ1n) is 11.6. The highest BCUT2D eigenvalue weighted by Gasteiger charge is 2.25. The molecule has 0 radical (unpaired) electrons. The van der Waals surface area contributed by atoms with E-state index in [1.165, 1.54) is 17.5 Å². The first-order chi connectivity index (χ1) is 15.2. The van der Waals surface area contributed by atoms with Crippen molar-refractivity contribution in [1.82, 2.24) is 15.2 Å². The highest BCUT2D eigenvalue weighted by atomic mass is 127. The average Bonchev–Trinajstić information content (AvgIpc) is 3.26. The molecule has 2 saturated heterocycles. The number of hydrogen-bond donors (Lipinski definition) is 1. The third kappa shape index (κ3) is 6.81. The minimum Gasteiger partial charge on any atom is -0.375 e. The fourth-order valence-electron chi connectivity index (χ4n) is 4.49. The predicted octanol–water partition coefficient (Wildman–Crippen LogP) is 3.95. The molecule has 2 aromatic rings. The average molecular weight is 550 g/mol. The summed E-state index contributed by atoms with van der Waals surface area (Å²) < 4.78 is 5.66. The number of guanidine groups is 1. The zero-order valence-corrected chi connectivity index (χ0v) is 21.6. The Morgan fingerprint density at radius 2 is 2.00 bits per heavy atom. The van der Waals surface area contributed by atoms with E-state index in [4.69, 9.17) is 9.73 Å². The van der Waals surface area contributed by atoms with E-state index in [0.717, 1.165) is 57.5 Å². The van der Waals surface area contributed by atoms with Gasteiger partial charge in [0, 0.05) is 38.9 Å². The van der Waals surface area contributed by atoms with Gasteiger partial charge in [-0.25, -0.2) is 9.98 Å². The maximum Gasteiger partial charge on any atom is 0.194 e. The van der Waals surface area contributed by atoms with Crippen LogP contribution in [0.1, 0.15) is 31.4 Å². The van der Waals surface area contributed by atoms with Crippen LogP contribution in [0.2, 0.25) is 0 Å². The summed E-state index contributed by atoms with van der Waals surface area (Å²) in [4.78, 5) is 14.3. The van der Waals surface area contributed by atoms with Crippen molar-refractivity contribution in [3.05, 3.63) is 59.8 Å². The molecular weight excluding hydrogens is 513 g/mol. The van der Waals surface area contributed by atoms with E-state index in [1.54, 1.807) is 0 Å². The third-order valence-electron chi connectivity index (χ3n) is 6.07. The number of nitrogens with one attached hydrogen (secondary N) is 1. The van der Waals surface area contributed by atoms with Gasteiger partial charge in [-0.1, -0.05) is 30.3 Å². The normalized spacial score (nSPS) is 21.4. The van der Waals surface area contributed by atoms with Gasteiger partial charge in [0.1, 0.15) is 5.82 Å². The van der Waals surface area contributed by atoms with Crippen LogP contribution in [0.4, 0.5) is 5.82 Å². The van der Waals surface area contributed by atoms with Crippen molar-refractivity contribution in [2.75, 3.05) is 44.2 Å². The zero-order valence-electron chi connectivity index (χ0n) is 19.2. The number of benzene rings is 1. The van der Waals surface area contributed by atoms with Crippen molar-refractivity contribution >= 4 is 35.8 Å². The third-order valence-corrected chi connectivity index (χ3v) is 6.07. The number of anilines is 1. The summed E-state index contributed by atoms with van der Waals surface area (Å²) in [7, 11) is 0. The Kier molecular flexibility index (Phi) is 9.59. The molecule has 174 valence electrons. The van der Waals surface area contributed by atoms with E-state index in [2.05, 4.69) is 76.4 Å². The lowest BCUT2D eigenvalue weighted by atomic mass is 9.99. The monoisotopic (exact) mass is 549 g/mol. The lowest BCUT2D eigenvalue weighted by Crippen LogP contribution is -2.41. The summed E-state index contributed by atoms with van der Waals surface area (Å²) in [6, 6.07) is 15.1. The van der Waals surface area contributed by atoms with Gasteiger partial charge in [-0.2, -0.15) is 0 Å². The van der Waals surface area contributed by atoms with Crippen LogP contribution >= 0.6 is 24.0 Å². The summed E-state index contributed by atoms with van der Waals surface area (Å²) >= 11 is 0. The summed E-state index contributed by atoms with van der Waals surface area (Å²) in [5, 5.41) is 3.50. The van der Waals surface area contributed by atoms with E-state index < -0.39 is 0 Å². The second-order valence-corrected chi connectivity index (χ2v) is 8.61. The van der Waals surface area contributed by atoms with Crippen LogP contribution in [0.15, 0.2) is 53.7 Å². The molecular formula is C25H36IN5O. The van der Waals surface area contributed by atoms with Gasteiger partial charge in [0.2, 0.25) is 0 Å². The Bertz CT molecular complexity index is 862. The Labute approximate surface area is 209 Å². The van der Waals surface area contributed by atoms with Crippen molar-refractivity contribution in [3.63, 3.8) is 0 Å². The first kappa shape index (κ1) is 24.8. The Morgan fingerprint density at radius 1 is 1.16 bits per heavy atom. The number of aromatic nitrogens is 1. The van der Waals surface area contributed by atoms with Gasteiger partial charge in [0.15, 0.2) is 5.96 Å². The quantitative estimate of drug-likeness (QED) is 0.336. The molecule has 2 atom stereocenters. The predicted molar refractivity (Wildman–Crippen MR) is 142 cm³/mol. The van der Waals surface area contributed by atoms with Gasteiger partial charge in [0.25, 0.3) is 0 Å². The fourth-order valence-corrected chi connectivity index (χ4v) is 4.49. The van der Waals surface area contributed by atoms with Crippen LogP contribution < -0.4 is 10.2 Å². The SMILES string of the molecule is CCNC(=NCc1ccnc(N2CCOC(C)C2)c1)N1CCC(Cc2ccccc2)C1.I. The number of morpholine rings is 1. The molecule has 0 bridgehead atoms. The van der Waals surface area contributed by atoms with E-state index in [-0.39, 0.29) is 30.1 Å². The number of hydrogen-bond acceptors (Lipinski definition) is 4. The summed E-state index contributed by atoms with van der Waals surface area (Å²) in [6.07, 6.45) is 4.51. The molecule has 4 rings (SSSR count). The second kappa shape index (κ2) is 12.4. The molecule has 0 amide bonds. The standard InChI is InChI=1S/C25H35N5O.HI/c1-3-26-25(30-12-10-23(19-30)15-21-7-5-4-6-8-21)28-17-22-9-11-27-24(16-22)29-13-14-31-20(2)18-29;/h4-9,11,16,20,23H,3,10,12-15,17-19H2,1-2H3,(H,26,28);1H. The molecule has 2 aliphatic rings. The molecule has 1 aromatic carbocycles. The van der Waals surface area contributed by atoms with Crippen LogP contribution in [0.5, 0.6) is 0 Å². The van der Waals surface area contributed by atoms with Crippen LogP contribution in [-0.4, -0.2) is 61.3 Å². The largest absolute Gasteiger partial charge is 0.375 e. The zero-order chi connectivity index (χ0) is 21.5. The van der Waals surface area contributed by atoms with Crippen molar-refractivity contribution in [1.29, 1.82) is 0 Å². The van der Waals surface area contributed by atoms with E-state index in [1.807, 2.05) is 6.20 Å². The molecule has 1 aromatic heterocycles. The maximum atomic E-state index is 5.66. The number of likely N-dealkylation sites (tertiary alicyclic amines) is 1. The van der Waals surface area contributed by atoms with Crippen LogP contribution in [0.25, 0.3) is 0 Å². The first-order valence-corrected chi connectivity index (χ1v) is 11.6. The van der Waals surface area contributed by atoms with Gasteiger partial charge < -0.3 is 19.9 Å². The molecule has 6 nitrogen and oxygen atoms in total. The molecule has 2 fully saturated rings. The van der Waals surface area contributed by atoms with Crippen molar-refractivity contribution in [3.8, 4) is 0 Å². The van der Waals surface area contributed by atoms with Crippen molar-refractivity contribution in [2.45, 2.75) is 39.3 Å². The van der Waals surface area contributed by atoms with Crippen LogP contribution in [-0.2, 0) is 17.7 Å². The summed E-state index contributed by atoms with van der Waals surface area (Å²) in [5.74, 6) is 2.73. The summed E-state index contributed by atoms with van der Waals surface area (Å²) in [6.45, 7) is 10.5. The lowest BCUT2D eigenvalue weighted by Gasteiger charge is -2.32. The van der Waals surface area contributed by atoms with E-state index >= 15 is 0 Å². The van der Waals surface area contributed by atoms with Gasteiger partial charge in [-0.05, 0) is 55.9 Å². The number of rotatable bonds is 6. The lowest BCUT2D eigenvalue weighted by molar-refractivity contribution is 0.0529. The number of aliphatic imine (C=N–C) groups is 1. The molecule has 0 spiro atoms. The minimum absolute atomic E-state index is 0. The molecule has 1 N–H and O–H groups in total. The maximum absolute atomic E-state index is 5.66. The smallest absolute Gasteiger partial charge is 0.194 e. The van der Waals surface area contributed by atoms with Crippen LogP contribution in [0, 0.1) is 5.92 Å². The second-order valence-electron chi connectivity index (χ2n) is 8.61. The minimum atomic E-state index is 0. The molecule has 2 aliphatic heterocycles. The van der Waals surface area contributed by atoms with Gasteiger partial charge in [-0.15, -0.1) is 24.0 Å². The number of pyridine rings is 1. The molecule has 3 heterocycles. The number of nitrogens with zero attached hydrogens (tertiary/aromatic N) is 4. The topological polar surface area (TPSA) is 53.0 Å². The Hall–Kier alpha value is -1.87. The van der Waals surface area contributed by atoms with Gasteiger partial charge in [0.05, 0.1) is 19.3 Å². The summed E-state index contributed by atoms with van der Waals surface area (Å²) in [5.41, 5.74) is 2.62. The van der Waals surface area contributed by atoms with Gasteiger partial charge >= 0.3 is 0 Å². The molecule has 2 unspecified atom stereocenters.